The first-order valence-electron chi connectivity index (χ1n) is 7.22. The van der Waals surface area contributed by atoms with Crippen LogP contribution in [0.5, 0.6) is 5.75 Å². The lowest BCUT2D eigenvalue weighted by molar-refractivity contribution is 0.103. The molecule has 1 aromatic heterocycles. The summed E-state index contributed by atoms with van der Waals surface area (Å²) in [7, 11) is 1.64. The number of nitrogens with one attached hydrogen (secondary N) is 1. The van der Waals surface area contributed by atoms with E-state index in [0.29, 0.717) is 11.1 Å². The Hall–Kier alpha value is -3.14. The molecular formula is C19H16N2O2. The second-order valence-electron chi connectivity index (χ2n) is 5.00. The summed E-state index contributed by atoms with van der Waals surface area (Å²) < 4.78 is 5.13. The normalized spacial score (nSPS) is 10.1. The summed E-state index contributed by atoms with van der Waals surface area (Å²) in [6.45, 7) is 0. The zero-order valence-electron chi connectivity index (χ0n) is 12.7. The van der Waals surface area contributed by atoms with E-state index < -0.39 is 0 Å². The Labute approximate surface area is 134 Å². The minimum absolute atomic E-state index is 0.0107. The van der Waals surface area contributed by atoms with Crippen LogP contribution < -0.4 is 10.1 Å². The summed E-state index contributed by atoms with van der Waals surface area (Å²) in [6.07, 6.45) is 3.24. The first kappa shape index (κ1) is 14.8. The van der Waals surface area contributed by atoms with Gasteiger partial charge in [0.2, 0.25) is 0 Å². The fraction of sp³-hybridized carbons (Fsp3) is 0.0526. The quantitative estimate of drug-likeness (QED) is 0.722. The number of nitrogens with zero attached hydrogens (tertiary/aromatic N) is 1. The highest BCUT2D eigenvalue weighted by molar-refractivity contribution is 6.09. The average Bonchev–Trinajstić information content (AvgIpc) is 2.63. The second kappa shape index (κ2) is 6.75. The van der Waals surface area contributed by atoms with Crippen LogP contribution in [0.3, 0.4) is 0 Å². The number of methoxy groups -OCH3 is 1. The fourth-order valence-corrected chi connectivity index (χ4v) is 2.22. The number of carbonyl (C=O) groups is 1. The molecule has 1 heterocycles. The molecule has 0 aliphatic heterocycles. The van der Waals surface area contributed by atoms with Crippen LogP contribution >= 0.6 is 0 Å². The van der Waals surface area contributed by atoms with Crippen molar-refractivity contribution < 1.29 is 9.53 Å². The predicted molar refractivity (Wildman–Crippen MR) is 90.4 cm³/mol. The number of anilines is 2. The number of pyridine rings is 1. The van der Waals surface area contributed by atoms with Crippen LogP contribution in [0, 0.1) is 0 Å². The lowest BCUT2D eigenvalue weighted by Gasteiger charge is -2.08. The van der Waals surface area contributed by atoms with Crippen LogP contribution in [0.2, 0.25) is 0 Å². The van der Waals surface area contributed by atoms with Crippen molar-refractivity contribution in [2.75, 3.05) is 12.4 Å². The van der Waals surface area contributed by atoms with Crippen molar-refractivity contribution >= 4 is 17.2 Å². The van der Waals surface area contributed by atoms with Crippen molar-refractivity contribution in [3.8, 4) is 5.75 Å². The molecule has 1 N–H and O–H groups in total. The average molecular weight is 304 g/mol. The van der Waals surface area contributed by atoms with Gasteiger partial charge in [-0.3, -0.25) is 9.78 Å². The van der Waals surface area contributed by atoms with Crippen molar-refractivity contribution in [1.29, 1.82) is 0 Å². The molecule has 0 radical (unpaired) electrons. The third-order valence-corrected chi connectivity index (χ3v) is 3.47. The van der Waals surface area contributed by atoms with E-state index in [0.717, 1.165) is 17.1 Å². The molecule has 0 unspecified atom stereocenters. The Morgan fingerprint density at radius 1 is 0.826 bits per heavy atom. The maximum absolute atomic E-state index is 12.3. The van der Waals surface area contributed by atoms with Crippen molar-refractivity contribution in [1.82, 2.24) is 4.98 Å². The molecule has 0 bridgehead atoms. The number of rotatable bonds is 5. The number of benzene rings is 2. The fourth-order valence-electron chi connectivity index (χ4n) is 2.22. The molecule has 0 saturated carbocycles. The molecule has 0 aliphatic rings. The SMILES string of the molecule is COc1ccc(Nc2ccc(C(=O)c3ccncc3)cc2)cc1. The number of hydrogen-bond donors (Lipinski definition) is 1. The molecular weight excluding hydrogens is 288 g/mol. The molecule has 0 amide bonds. The zero-order chi connectivity index (χ0) is 16.1. The molecule has 23 heavy (non-hydrogen) atoms. The molecule has 0 atom stereocenters. The number of ether oxygens (including phenoxy) is 1. The number of hydrogen-bond acceptors (Lipinski definition) is 4. The van der Waals surface area contributed by atoms with Crippen LogP contribution in [-0.2, 0) is 0 Å². The summed E-state index contributed by atoms with van der Waals surface area (Å²) in [5.74, 6) is 0.803. The highest BCUT2D eigenvalue weighted by Crippen LogP contribution is 2.21. The molecule has 2 aromatic carbocycles. The van der Waals surface area contributed by atoms with E-state index in [2.05, 4.69) is 10.3 Å². The minimum Gasteiger partial charge on any atom is -0.497 e. The van der Waals surface area contributed by atoms with Gasteiger partial charge >= 0.3 is 0 Å². The minimum atomic E-state index is -0.0107. The first-order valence-corrected chi connectivity index (χ1v) is 7.22. The van der Waals surface area contributed by atoms with E-state index in [1.54, 1.807) is 31.6 Å². The van der Waals surface area contributed by atoms with Gasteiger partial charge in [0.15, 0.2) is 5.78 Å². The van der Waals surface area contributed by atoms with E-state index in [1.165, 1.54) is 0 Å². The standard InChI is InChI=1S/C19H16N2O2/c1-23-18-8-6-17(7-9-18)21-16-4-2-14(3-5-16)19(22)15-10-12-20-13-11-15/h2-13,21H,1H3. The van der Waals surface area contributed by atoms with Crippen LogP contribution in [0.1, 0.15) is 15.9 Å². The van der Waals surface area contributed by atoms with E-state index in [4.69, 9.17) is 4.74 Å². The van der Waals surface area contributed by atoms with Gasteiger partial charge in [0.1, 0.15) is 5.75 Å². The lowest BCUT2D eigenvalue weighted by Crippen LogP contribution is -2.01. The number of aromatic nitrogens is 1. The maximum atomic E-state index is 12.3. The van der Waals surface area contributed by atoms with E-state index in [1.807, 2.05) is 48.5 Å². The van der Waals surface area contributed by atoms with Gasteiger partial charge in [-0.25, -0.2) is 0 Å². The highest BCUT2D eigenvalue weighted by atomic mass is 16.5. The third kappa shape index (κ3) is 3.55. The largest absolute Gasteiger partial charge is 0.497 e. The van der Waals surface area contributed by atoms with Gasteiger partial charge in [-0.2, -0.15) is 0 Å². The van der Waals surface area contributed by atoms with Gasteiger partial charge in [-0.05, 0) is 60.7 Å². The Morgan fingerprint density at radius 2 is 1.35 bits per heavy atom. The summed E-state index contributed by atoms with van der Waals surface area (Å²) in [6, 6.07) is 18.5. The van der Waals surface area contributed by atoms with Crippen molar-refractivity contribution in [2.24, 2.45) is 0 Å². The molecule has 0 aliphatic carbocycles. The third-order valence-electron chi connectivity index (χ3n) is 3.47. The predicted octanol–water partition coefficient (Wildman–Crippen LogP) is 4.06. The Balaban J connectivity index is 1.72. The Morgan fingerprint density at radius 3 is 1.91 bits per heavy atom. The first-order chi connectivity index (χ1) is 11.3. The monoisotopic (exact) mass is 304 g/mol. The van der Waals surface area contributed by atoms with Gasteiger partial charge in [0.05, 0.1) is 7.11 Å². The van der Waals surface area contributed by atoms with Gasteiger partial charge < -0.3 is 10.1 Å². The van der Waals surface area contributed by atoms with Gasteiger partial charge in [-0.1, -0.05) is 0 Å². The lowest BCUT2D eigenvalue weighted by atomic mass is 10.0. The molecule has 114 valence electrons. The topological polar surface area (TPSA) is 51.2 Å². The molecule has 4 nitrogen and oxygen atoms in total. The molecule has 3 aromatic rings. The smallest absolute Gasteiger partial charge is 0.193 e. The molecule has 0 fully saturated rings. The summed E-state index contributed by atoms with van der Waals surface area (Å²) in [5, 5.41) is 3.28. The molecule has 4 heteroatoms. The highest BCUT2D eigenvalue weighted by Gasteiger charge is 2.08. The van der Waals surface area contributed by atoms with Crippen LogP contribution in [-0.4, -0.2) is 17.9 Å². The summed E-state index contributed by atoms with van der Waals surface area (Å²) in [5.41, 5.74) is 3.16. The molecule has 0 spiro atoms. The Kier molecular flexibility index (Phi) is 4.34. The van der Waals surface area contributed by atoms with E-state index in [9.17, 15) is 4.79 Å². The molecule has 3 rings (SSSR count). The Bertz CT molecular complexity index is 782. The van der Waals surface area contributed by atoms with Crippen molar-refractivity contribution in [3.05, 3.63) is 84.2 Å². The summed E-state index contributed by atoms with van der Waals surface area (Å²) >= 11 is 0. The van der Waals surface area contributed by atoms with Gasteiger partial charge in [0.25, 0.3) is 0 Å². The number of ketones is 1. The van der Waals surface area contributed by atoms with Crippen molar-refractivity contribution in [3.63, 3.8) is 0 Å². The van der Waals surface area contributed by atoms with Crippen LogP contribution in [0.4, 0.5) is 11.4 Å². The van der Waals surface area contributed by atoms with Crippen molar-refractivity contribution in [2.45, 2.75) is 0 Å². The van der Waals surface area contributed by atoms with E-state index >= 15 is 0 Å². The van der Waals surface area contributed by atoms with Crippen LogP contribution in [0.25, 0.3) is 0 Å². The van der Waals surface area contributed by atoms with Gasteiger partial charge in [-0.15, -0.1) is 0 Å². The van der Waals surface area contributed by atoms with Gasteiger partial charge in [0, 0.05) is 34.9 Å². The second-order valence-corrected chi connectivity index (χ2v) is 5.00. The van der Waals surface area contributed by atoms with Crippen LogP contribution in [0.15, 0.2) is 73.1 Å². The summed E-state index contributed by atoms with van der Waals surface area (Å²) in [4.78, 5) is 16.2. The van der Waals surface area contributed by atoms with E-state index in [-0.39, 0.29) is 5.78 Å². The zero-order valence-corrected chi connectivity index (χ0v) is 12.7. The molecule has 0 saturated heterocycles. The number of carbonyl (C=O) groups excluding carboxylic acids is 1. The maximum Gasteiger partial charge on any atom is 0.193 e.